The number of nitrogens with zero attached hydrogens (tertiary/aromatic N) is 2. The number of carboxylic acid groups (broad SMARTS) is 2. The fourth-order valence-corrected chi connectivity index (χ4v) is 1.95. The van der Waals surface area contributed by atoms with Crippen molar-refractivity contribution in [1.82, 2.24) is 4.98 Å². The summed E-state index contributed by atoms with van der Waals surface area (Å²) in [6.45, 7) is 0. The normalized spacial score (nSPS) is 14.8. The van der Waals surface area contributed by atoms with Crippen LogP contribution in [0.2, 0.25) is 0 Å². The van der Waals surface area contributed by atoms with Gasteiger partial charge in [0.1, 0.15) is 18.0 Å². The van der Waals surface area contributed by atoms with Crippen LogP contribution in [0.5, 0.6) is 5.88 Å². The number of aliphatic carboxylic acids is 2. The van der Waals surface area contributed by atoms with Gasteiger partial charge in [0.2, 0.25) is 12.3 Å². The van der Waals surface area contributed by atoms with Gasteiger partial charge in [0.25, 0.3) is 0 Å². The molecule has 1 aliphatic rings. The third-order valence-electron chi connectivity index (χ3n) is 3.31. The Morgan fingerprint density at radius 3 is 2.65 bits per heavy atom. The maximum atomic E-state index is 11.3. The highest BCUT2D eigenvalue weighted by atomic mass is 16.5. The summed E-state index contributed by atoms with van der Waals surface area (Å²) in [6, 6.07) is 1.51. The van der Waals surface area contributed by atoms with Gasteiger partial charge in [0.15, 0.2) is 0 Å². The molecule has 1 heterocycles. The summed E-state index contributed by atoms with van der Waals surface area (Å²) < 4.78 is 5.51. The van der Waals surface area contributed by atoms with Gasteiger partial charge in [-0.25, -0.2) is 4.79 Å². The summed E-state index contributed by atoms with van der Waals surface area (Å²) in [5.74, 6) is -2.28. The molecule has 0 unspecified atom stereocenters. The molecule has 0 saturated heterocycles. The zero-order valence-electron chi connectivity index (χ0n) is 12.2. The lowest BCUT2D eigenvalue weighted by Crippen LogP contribution is -2.41. The third-order valence-corrected chi connectivity index (χ3v) is 3.31. The van der Waals surface area contributed by atoms with Crippen molar-refractivity contribution in [2.75, 3.05) is 10.6 Å². The molecule has 1 atom stereocenters. The van der Waals surface area contributed by atoms with E-state index in [1.807, 2.05) is 0 Å². The summed E-state index contributed by atoms with van der Waals surface area (Å²) in [5, 5.41) is 18.0. The van der Waals surface area contributed by atoms with Crippen LogP contribution < -0.4 is 15.4 Å². The molecule has 9 nitrogen and oxygen atoms in total. The van der Waals surface area contributed by atoms with Crippen LogP contribution in [0.1, 0.15) is 25.7 Å². The van der Waals surface area contributed by atoms with Crippen LogP contribution in [0.4, 0.5) is 11.5 Å². The number of nitrogen functional groups attached to an aromatic ring is 1. The maximum absolute atomic E-state index is 11.3. The van der Waals surface area contributed by atoms with Crippen molar-refractivity contribution in [3.8, 4) is 5.88 Å². The van der Waals surface area contributed by atoms with E-state index in [9.17, 15) is 19.5 Å². The molecule has 0 aliphatic heterocycles. The Morgan fingerprint density at radius 1 is 1.43 bits per heavy atom. The van der Waals surface area contributed by atoms with Crippen molar-refractivity contribution < 1.29 is 29.3 Å². The average Bonchev–Trinajstić information content (AvgIpc) is 3.29. The molecular formula is C14H17N3O6. The van der Waals surface area contributed by atoms with Gasteiger partial charge >= 0.3 is 11.9 Å². The quantitative estimate of drug-likeness (QED) is 0.557. The second-order valence-corrected chi connectivity index (χ2v) is 5.18. The van der Waals surface area contributed by atoms with Crippen LogP contribution >= 0.6 is 0 Å². The largest absolute Gasteiger partial charge is 0.481 e. The molecule has 1 aliphatic carbocycles. The van der Waals surface area contributed by atoms with E-state index in [1.165, 1.54) is 12.1 Å². The SMILES string of the molecule is Nc1ccc(N(C=O)[C@@H](CCC(=O)O)C(=O)O)nc1OC1CC1. The number of anilines is 2. The lowest BCUT2D eigenvalue weighted by molar-refractivity contribution is -0.140. The van der Waals surface area contributed by atoms with Gasteiger partial charge in [-0.2, -0.15) is 4.98 Å². The van der Waals surface area contributed by atoms with Crippen molar-refractivity contribution in [2.45, 2.75) is 37.8 Å². The van der Waals surface area contributed by atoms with Crippen LogP contribution in [-0.2, 0) is 14.4 Å². The predicted molar refractivity (Wildman–Crippen MR) is 79.1 cm³/mol. The number of ether oxygens (including phenoxy) is 1. The Kier molecular flexibility index (Phi) is 4.99. The first-order chi connectivity index (χ1) is 10.9. The summed E-state index contributed by atoms with van der Waals surface area (Å²) >= 11 is 0. The summed E-state index contributed by atoms with van der Waals surface area (Å²) in [7, 11) is 0. The van der Waals surface area contributed by atoms with E-state index >= 15 is 0 Å². The van der Waals surface area contributed by atoms with E-state index in [0.29, 0.717) is 6.41 Å². The van der Waals surface area contributed by atoms with Crippen LogP contribution in [0.3, 0.4) is 0 Å². The highest BCUT2D eigenvalue weighted by Crippen LogP contribution is 2.31. The van der Waals surface area contributed by atoms with Gasteiger partial charge in [0, 0.05) is 6.42 Å². The van der Waals surface area contributed by atoms with Gasteiger partial charge in [-0.15, -0.1) is 0 Å². The number of hydrogen-bond donors (Lipinski definition) is 3. The maximum Gasteiger partial charge on any atom is 0.326 e. The fourth-order valence-electron chi connectivity index (χ4n) is 1.95. The first kappa shape index (κ1) is 16.5. The minimum absolute atomic E-state index is 0.0343. The molecule has 9 heteroatoms. The molecule has 1 aromatic heterocycles. The monoisotopic (exact) mass is 323 g/mol. The van der Waals surface area contributed by atoms with E-state index in [1.54, 1.807) is 0 Å². The molecule has 0 spiro atoms. The van der Waals surface area contributed by atoms with E-state index in [4.69, 9.17) is 15.6 Å². The van der Waals surface area contributed by atoms with E-state index in [-0.39, 0.29) is 36.3 Å². The Morgan fingerprint density at radius 2 is 2.13 bits per heavy atom. The molecule has 1 amide bonds. The first-order valence-corrected chi connectivity index (χ1v) is 7.03. The standard InChI is InChI=1S/C14H17N3O6/c15-9-3-5-11(16-13(9)23-8-1-2-8)17(7-18)10(14(21)22)4-6-12(19)20/h3,5,7-8,10H,1-2,4,6,15H2,(H,19,20)(H,21,22)/t10-/m0/s1. The van der Waals surface area contributed by atoms with Gasteiger partial charge in [0.05, 0.1) is 5.69 Å². The molecule has 2 rings (SSSR count). The van der Waals surface area contributed by atoms with Crippen LogP contribution in [-0.4, -0.2) is 45.7 Å². The number of carbonyl (C=O) groups excluding carboxylic acids is 1. The number of nitrogens with two attached hydrogens (primary N) is 1. The van der Waals surface area contributed by atoms with Gasteiger partial charge < -0.3 is 20.7 Å². The topological polar surface area (TPSA) is 143 Å². The Labute approximate surface area is 131 Å². The Hall–Kier alpha value is -2.84. The third kappa shape index (κ3) is 4.31. The zero-order valence-corrected chi connectivity index (χ0v) is 12.2. The van der Waals surface area contributed by atoms with Crippen molar-refractivity contribution in [1.29, 1.82) is 0 Å². The Bertz CT molecular complexity index is 617. The highest BCUT2D eigenvalue weighted by Gasteiger charge is 2.29. The molecule has 4 N–H and O–H groups in total. The lowest BCUT2D eigenvalue weighted by Gasteiger charge is -2.24. The van der Waals surface area contributed by atoms with Crippen LogP contribution in [0.15, 0.2) is 12.1 Å². The molecule has 0 radical (unpaired) electrons. The van der Waals surface area contributed by atoms with Gasteiger partial charge in [-0.05, 0) is 31.4 Å². The second-order valence-electron chi connectivity index (χ2n) is 5.18. The number of amides is 1. The average molecular weight is 323 g/mol. The fraction of sp³-hybridized carbons (Fsp3) is 0.429. The number of pyridine rings is 1. The molecular weight excluding hydrogens is 306 g/mol. The van der Waals surface area contributed by atoms with Crippen molar-refractivity contribution in [2.24, 2.45) is 0 Å². The number of hydrogen-bond acceptors (Lipinski definition) is 6. The summed E-state index contributed by atoms with van der Waals surface area (Å²) in [4.78, 5) is 38.3. The van der Waals surface area contributed by atoms with Crippen molar-refractivity contribution in [3.05, 3.63) is 12.1 Å². The van der Waals surface area contributed by atoms with E-state index in [0.717, 1.165) is 17.7 Å². The second kappa shape index (κ2) is 6.95. The zero-order chi connectivity index (χ0) is 17.0. The minimum Gasteiger partial charge on any atom is -0.481 e. The van der Waals surface area contributed by atoms with Crippen LogP contribution in [0, 0.1) is 0 Å². The van der Waals surface area contributed by atoms with Gasteiger partial charge in [-0.1, -0.05) is 0 Å². The predicted octanol–water partition coefficient (Wildman–Crippen LogP) is 0.486. The van der Waals surface area contributed by atoms with Crippen molar-refractivity contribution in [3.63, 3.8) is 0 Å². The number of carbonyl (C=O) groups is 3. The number of rotatable bonds is 9. The van der Waals surface area contributed by atoms with Gasteiger partial charge in [-0.3, -0.25) is 14.5 Å². The molecule has 0 bridgehead atoms. The van der Waals surface area contributed by atoms with E-state index in [2.05, 4.69) is 4.98 Å². The molecule has 0 aromatic carbocycles. The summed E-state index contributed by atoms with van der Waals surface area (Å²) in [6.07, 6.45) is 1.49. The Balaban J connectivity index is 2.24. The van der Waals surface area contributed by atoms with Crippen LogP contribution in [0.25, 0.3) is 0 Å². The summed E-state index contributed by atoms with van der Waals surface area (Å²) in [5.41, 5.74) is 6.03. The van der Waals surface area contributed by atoms with E-state index < -0.39 is 18.0 Å². The molecule has 1 aromatic rings. The first-order valence-electron chi connectivity index (χ1n) is 7.03. The molecule has 1 saturated carbocycles. The highest BCUT2D eigenvalue weighted by molar-refractivity contribution is 5.87. The molecule has 124 valence electrons. The number of aromatic nitrogens is 1. The smallest absolute Gasteiger partial charge is 0.326 e. The molecule has 23 heavy (non-hydrogen) atoms. The minimum atomic E-state index is -1.34. The number of carboxylic acids is 2. The molecule has 1 fully saturated rings. The van der Waals surface area contributed by atoms with Crippen molar-refractivity contribution >= 4 is 29.9 Å². The lowest BCUT2D eigenvalue weighted by atomic mass is 10.1.